The molecule has 1 aromatic carbocycles. The molecular weight excluding hydrogens is 236 g/mol. The van der Waals surface area contributed by atoms with Crippen LogP contribution in [0, 0.1) is 19.8 Å². The van der Waals surface area contributed by atoms with Crippen molar-refractivity contribution in [3.05, 3.63) is 29.3 Å². The van der Waals surface area contributed by atoms with Crippen molar-refractivity contribution in [3.63, 3.8) is 0 Å². The molecule has 0 spiro atoms. The van der Waals surface area contributed by atoms with Gasteiger partial charge in [-0.15, -0.1) is 0 Å². The first-order valence-corrected chi connectivity index (χ1v) is 8.40. The van der Waals surface area contributed by atoms with E-state index in [0.29, 0.717) is 12.2 Å². The van der Waals surface area contributed by atoms with Crippen molar-refractivity contribution in [3.8, 4) is 0 Å². The van der Waals surface area contributed by atoms with Gasteiger partial charge >= 0.3 is 0 Å². The van der Waals surface area contributed by atoms with Gasteiger partial charge in [0, 0.05) is 0 Å². The Hall–Kier alpha value is -0.603. The summed E-state index contributed by atoms with van der Waals surface area (Å²) < 4.78 is 5.61. The molecule has 3 unspecified atom stereocenters. The Balaban J connectivity index is 1.47. The molecule has 1 aliphatic heterocycles. The quantitative estimate of drug-likeness (QED) is 0.597. The number of benzene rings is 1. The van der Waals surface area contributed by atoms with Crippen LogP contribution in [0.3, 0.4) is 0 Å². The Bertz CT molecular complexity index is 429. The van der Waals surface area contributed by atoms with Crippen molar-refractivity contribution < 1.29 is 4.74 Å². The minimum atomic E-state index is 0.646. The Kier molecular flexibility index (Phi) is 3.58. The van der Waals surface area contributed by atoms with Crippen molar-refractivity contribution in [2.75, 3.05) is 0 Å². The maximum absolute atomic E-state index is 5.61. The summed E-state index contributed by atoms with van der Waals surface area (Å²) in [4.78, 5) is 0. The normalized spacial score (nSPS) is 30.0. The summed E-state index contributed by atoms with van der Waals surface area (Å²) in [6, 6.07) is 8.09. The van der Waals surface area contributed by atoms with Crippen LogP contribution in [0.15, 0.2) is 18.2 Å². The van der Waals surface area contributed by atoms with E-state index in [9.17, 15) is 0 Å². The van der Waals surface area contributed by atoms with Crippen LogP contribution >= 0.6 is 0 Å². The summed E-state index contributed by atoms with van der Waals surface area (Å²) in [6.45, 7) is 4.48. The zero-order chi connectivity index (χ0) is 12.5. The minimum Gasteiger partial charge on any atom is -0.370 e. The van der Waals surface area contributed by atoms with E-state index in [1.165, 1.54) is 42.9 Å². The lowest BCUT2D eigenvalue weighted by atomic mass is 9.88. The van der Waals surface area contributed by atoms with Gasteiger partial charge in [0.05, 0.1) is 21.7 Å². The van der Waals surface area contributed by atoms with E-state index in [2.05, 4.69) is 32.0 Å². The first-order valence-electron chi connectivity index (χ1n) is 7.19. The summed E-state index contributed by atoms with van der Waals surface area (Å²) in [5.74, 6) is 0.936. The SMILES string of the molecule is Cc1cccc([Si]CCC2CCC3OC3C2)c1C. The molecule has 0 bridgehead atoms. The van der Waals surface area contributed by atoms with Gasteiger partial charge in [0.25, 0.3) is 0 Å². The van der Waals surface area contributed by atoms with E-state index >= 15 is 0 Å². The van der Waals surface area contributed by atoms with Gasteiger partial charge in [-0.25, -0.2) is 0 Å². The van der Waals surface area contributed by atoms with Crippen molar-refractivity contribution in [1.82, 2.24) is 0 Å². The zero-order valence-corrected chi connectivity index (χ0v) is 12.4. The Morgan fingerprint density at radius 1 is 1.22 bits per heavy atom. The summed E-state index contributed by atoms with van der Waals surface area (Å²) >= 11 is 0. The van der Waals surface area contributed by atoms with Crippen molar-refractivity contribution in [1.29, 1.82) is 0 Å². The van der Waals surface area contributed by atoms with Crippen LogP contribution in [0.4, 0.5) is 0 Å². The summed E-state index contributed by atoms with van der Waals surface area (Å²) in [6.07, 6.45) is 6.76. The molecule has 1 saturated heterocycles. The number of epoxide rings is 1. The topological polar surface area (TPSA) is 12.5 Å². The standard InChI is InChI=1S/C16H22OSi/c1-11-4-3-5-16(12(11)2)18-9-8-13-6-7-14-15(10-13)17-14/h3-5,13-15H,6-10H2,1-2H3. The smallest absolute Gasteiger partial charge is 0.0844 e. The van der Waals surface area contributed by atoms with Crippen LogP contribution in [-0.4, -0.2) is 21.7 Å². The van der Waals surface area contributed by atoms with Crippen LogP contribution in [0.5, 0.6) is 0 Å². The molecule has 0 aromatic heterocycles. The van der Waals surface area contributed by atoms with Crippen LogP contribution in [0.25, 0.3) is 0 Å². The van der Waals surface area contributed by atoms with E-state index in [0.717, 1.165) is 15.4 Å². The maximum atomic E-state index is 5.61. The van der Waals surface area contributed by atoms with Crippen LogP contribution in [-0.2, 0) is 4.74 Å². The highest BCUT2D eigenvalue weighted by molar-refractivity contribution is 6.54. The third-order valence-corrected chi connectivity index (χ3v) is 6.05. The van der Waals surface area contributed by atoms with E-state index < -0.39 is 0 Å². The summed E-state index contributed by atoms with van der Waals surface area (Å²) in [5, 5.41) is 1.58. The van der Waals surface area contributed by atoms with E-state index in [4.69, 9.17) is 4.74 Å². The lowest BCUT2D eigenvalue weighted by molar-refractivity contribution is 0.357. The largest absolute Gasteiger partial charge is 0.370 e. The highest BCUT2D eigenvalue weighted by atomic mass is 28.2. The number of hydrogen-bond donors (Lipinski definition) is 0. The lowest BCUT2D eigenvalue weighted by Crippen LogP contribution is -2.20. The van der Waals surface area contributed by atoms with Gasteiger partial charge in [0.15, 0.2) is 0 Å². The number of ether oxygens (including phenoxy) is 1. The average Bonchev–Trinajstić information content (AvgIpc) is 3.13. The number of rotatable bonds is 4. The van der Waals surface area contributed by atoms with Crippen LogP contribution in [0.2, 0.25) is 6.04 Å². The average molecular weight is 258 g/mol. The molecule has 1 nitrogen and oxygen atoms in total. The predicted octanol–water partition coefficient (Wildman–Crippen LogP) is 3.01. The third-order valence-electron chi connectivity index (χ3n) is 4.59. The summed E-state index contributed by atoms with van der Waals surface area (Å²) in [5.41, 5.74) is 2.94. The first kappa shape index (κ1) is 12.4. The maximum Gasteiger partial charge on any atom is 0.0844 e. The molecule has 1 saturated carbocycles. The molecule has 2 aliphatic rings. The van der Waals surface area contributed by atoms with Gasteiger partial charge in [-0.1, -0.05) is 35.9 Å². The second-order valence-corrected chi connectivity index (χ2v) is 7.25. The van der Waals surface area contributed by atoms with E-state index in [-0.39, 0.29) is 0 Å². The molecule has 1 heterocycles. The molecule has 3 rings (SSSR count). The molecule has 1 aromatic rings. The highest BCUT2D eigenvalue weighted by Crippen LogP contribution is 2.40. The number of hydrogen-bond acceptors (Lipinski definition) is 1. The highest BCUT2D eigenvalue weighted by Gasteiger charge is 2.43. The Morgan fingerprint density at radius 2 is 2.11 bits per heavy atom. The van der Waals surface area contributed by atoms with Crippen LogP contribution < -0.4 is 5.19 Å². The summed E-state index contributed by atoms with van der Waals surface area (Å²) in [7, 11) is 0.989. The van der Waals surface area contributed by atoms with Gasteiger partial charge in [-0.2, -0.15) is 0 Å². The second-order valence-electron chi connectivity index (χ2n) is 5.85. The fourth-order valence-corrected chi connectivity index (χ4v) is 4.60. The molecule has 2 radical (unpaired) electrons. The fourth-order valence-electron chi connectivity index (χ4n) is 3.10. The third kappa shape index (κ3) is 2.70. The van der Waals surface area contributed by atoms with Crippen molar-refractivity contribution in [2.45, 2.75) is 57.8 Å². The molecule has 18 heavy (non-hydrogen) atoms. The molecule has 1 aliphatic carbocycles. The number of aryl methyl sites for hydroxylation is 1. The van der Waals surface area contributed by atoms with Crippen LogP contribution in [0.1, 0.15) is 36.8 Å². The van der Waals surface area contributed by atoms with Gasteiger partial charge in [0.1, 0.15) is 0 Å². The Labute approximate surface area is 113 Å². The van der Waals surface area contributed by atoms with Gasteiger partial charge in [-0.05, 0) is 50.2 Å². The van der Waals surface area contributed by atoms with Crippen molar-refractivity contribution >= 4 is 14.7 Å². The van der Waals surface area contributed by atoms with Gasteiger partial charge < -0.3 is 4.74 Å². The molecule has 3 atom stereocenters. The molecule has 2 fully saturated rings. The van der Waals surface area contributed by atoms with Crippen molar-refractivity contribution in [2.24, 2.45) is 5.92 Å². The predicted molar refractivity (Wildman–Crippen MR) is 76.7 cm³/mol. The lowest BCUT2D eigenvalue weighted by Gasteiger charge is -2.18. The fraction of sp³-hybridized carbons (Fsp3) is 0.625. The number of fused-ring (bicyclic) bond motifs is 1. The Morgan fingerprint density at radius 3 is 2.94 bits per heavy atom. The monoisotopic (exact) mass is 258 g/mol. The van der Waals surface area contributed by atoms with Gasteiger partial charge in [0.2, 0.25) is 0 Å². The second kappa shape index (κ2) is 5.18. The minimum absolute atomic E-state index is 0.646. The first-order chi connectivity index (χ1) is 8.74. The zero-order valence-electron chi connectivity index (χ0n) is 11.4. The molecule has 2 heteroatoms. The molecular formula is C16H22OSi. The van der Waals surface area contributed by atoms with Gasteiger partial charge in [-0.3, -0.25) is 0 Å². The molecule has 96 valence electrons. The molecule has 0 N–H and O–H groups in total. The molecule has 0 amide bonds. The van der Waals surface area contributed by atoms with E-state index in [1.54, 1.807) is 5.19 Å². The van der Waals surface area contributed by atoms with E-state index in [1.807, 2.05) is 0 Å².